The van der Waals surface area contributed by atoms with Gasteiger partial charge in [-0.3, -0.25) is 0 Å². The molecule has 2 unspecified atom stereocenters. The first kappa shape index (κ1) is 20.4. The van der Waals surface area contributed by atoms with E-state index in [1.807, 2.05) is 54.9 Å². The van der Waals surface area contributed by atoms with Crippen LogP contribution in [0.25, 0.3) is 0 Å². The van der Waals surface area contributed by atoms with Crippen molar-refractivity contribution in [1.29, 1.82) is 0 Å². The van der Waals surface area contributed by atoms with Crippen LogP contribution in [-0.2, 0) is 19.8 Å². The van der Waals surface area contributed by atoms with Gasteiger partial charge in [0.25, 0.3) is 0 Å². The van der Waals surface area contributed by atoms with E-state index < -0.39 is 45.2 Å². The number of pyridine rings is 1. The van der Waals surface area contributed by atoms with Crippen molar-refractivity contribution >= 4 is 19.5 Å². The first-order valence-corrected chi connectivity index (χ1v) is 14.1. The van der Waals surface area contributed by atoms with Gasteiger partial charge in [-0.25, -0.2) is 0 Å². The summed E-state index contributed by atoms with van der Waals surface area (Å²) in [5.74, 6) is 0.465. The Balaban J connectivity index is 2.17. The van der Waals surface area contributed by atoms with Crippen molar-refractivity contribution in [3.63, 3.8) is 0 Å². The van der Waals surface area contributed by atoms with Gasteiger partial charge in [-0.1, -0.05) is 0 Å². The fraction of sp³-hybridized carbons (Fsp3) is 0.389. The van der Waals surface area contributed by atoms with Crippen molar-refractivity contribution in [2.24, 2.45) is 0 Å². The molecule has 1 aromatic heterocycles. The van der Waals surface area contributed by atoms with Crippen LogP contribution in [0.15, 0.2) is 41.4 Å². The SMILES string of the molecule is C[I-]S(=O)c1ccccc1C1(C)Nc2cc(C(F)(F)F)cnc2N1C(C)C. The summed E-state index contributed by atoms with van der Waals surface area (Å²) in [5.41, 5.74) is -0.519. The van der Waals surface area contributed by atoms with Gasteiger partial charge in [-0.2, -0.15) is 0 Å². The Morgan fingerprint density at radius 3 is 2.56 bits per heavy atom. The standard InChI is InChI=1S/C18H20F3IN3OS/c1-11(2)25-16-14(9-12(10-23-16)18(19,20)21)24-17(25,3)13-7-5-6-8-15(13)27(26)22-4/h5-11,24H,1-4H3/q-1. The number of fused-ring (bicyclic) bond motifs is 1. The normalized spacial score (nSPS) is 20.7. The van der Waals surface area contributed by atoms with E-state index in [1.165, 1.54) is 0 Å². The molecular formula is C18H20F3IN3OS-. The minimum atomic E-state index is -4.46. The van der Waals surface area contributed by atoms with Gasteiger partial charge < -0.3 is 0 Å². The molecule has 2 heterocycles. The van der Waals surface area contributed by atoms with Crippen LogP contribution in [0.2, 0.25) is 0 Å². The van der Waals surface area contributed by atoms with E-state index in [0.717, 1.165) is 22.7 Å². The Morgan fingerprint density at radius 2 is 1.96 bits per heavy atom. The van der Waals surface area contributed by atoms with Crippen molar-refractivity contribution in [2.45, 2.75) is 43.5 Å². The van der Waals surface area contributed by atoms with Gasteiger partial charge in [0, 0.05) is 0 Å². The molecule has 0 saturated heterocycles. The predicted octanol–water partition coefficient (Wildman–Crippen LogP) is 1.36. The third kappa shape index (κ3) is 3.55. The molecule has 0 bridgehead atoms. The van der Waals surface area contributed by atoms with Crippen LogP contribution in [0.3, 0.4) is 0 Å². The maximum atomic E-state index is 13.1. The molecule has 2 atom stereocenters. The Labute approximate surface area is 167 Å². The molecule has 3 rings (SSSR count). The van der Waals surface area contributed by atoms with Gasteiger partial charge in [-0.15, -0.1) is 0 Å². The molecule has 0 amide bonds. The van der Waals surface area contributed by atoms with Crippen LogP contribution in [0, 0.1) is 0 Å². The number of benzene rings is 1. The average molecular weight is 510 g/mol. The number of anilines is 2. The van der Waals surface area contributed by atoms with Crippen molar-refractivity contribution in [3.8, 4) is 0 Å². The number of halogens is 4. The number of rotatable bonds is 4. The van der Waals surface area contributed by atoms with Gasteiger partial charge in [0.05, 0.1) is 0 Å². The Morgan fingerprint density at radius 1 is 1.30 bits per heavy atom. The molecule has 9 heteroatoms. The van der Waals surface area contributed by atoms with E-state index in [4.69, 9.17) is 0 Å². The molecule has 1 N–H and O–H groups in total. The molecule has 0 spiro atoms. The molecule has 0 fully saturated rings. The Hall–Kier alpha value is -1.36. The molecule has 27 heavy (non-hydrogen) atoms. The number of aromatic nitrogens is 1. The van der Waals surface area contributed by atoms with Crippen LogP contribution in [0.5, 0.6) is 0 Å². The fourth-order valence-corrected chi connectivity index (χ4v) is 6.85. The summed E-state index contributed by atoms with van der Waals surface area (Å²) in [6, 6.07) is 8.46. The molecule has 0 aliphatic carbocycles. The van der Waals surface area contributed by atoms with E-state index in [9.17, 15) is 17.4 Å². The van der Waals surface area contributed by atoms with Crippen LogP contribution in [0.1, 0.15) is 31.9 Å². The summed E-state index contributed by atoms with van der Waals surface area (Å²) in [6.07, 6.45) is -3.60. The molecule has 1 aliphatic heterocycles. The van der Waals surface area contributed by atoms with E-state index in [-0.39, 0.29) is 6.04 Å². The quantitative estimate of drug-likeness (QED) is 0.384. The summed E-state index contributed by atoms with van der Waals surface area (Å²) < 4.78 is 52.0. The van der Waals surface area contributed by atoms with Crippen molar-refractivity contribution in [3.05, 3.63) is 47.7 Å². The van der Waals surface area contributed by atoms with Crippen molar-refractivity contribution in [1.82, 2.24) is 4.98 Å². The minimum absolute atomic E-state index is 0.0363. The second-order valence-electron chi connectivity index (χ2n) is 6.63. The van der Waals surface area contributed by atoms with Gasteiger partial charge in [0.1, 0.15) is 0 Å². The summed E-state index contributed by atoms with van der Waals surface area (Å²) in [7, 11) is -1.09. The molecule has 148 valence electrons. The first-order chi connectivity index (χ1) is 12.6. The number of hydrogen-bond acceptors (Lipinski definition) is 4. The fourth-order valence-electron chi connectivity index (χ4n) is 3.48. The van der Waals surface area contributed by atoms with E-state index >= 15 is 0 Å². The zero-order chi connectivity index (χ0) is 20.0. The van der Waals surface area contributed by atoms with Crippen molar-refractivity contribution < 1.29 is 37.2 Å². The summed E-state index contributed by atoms with van der Waals surface area (Å²) in [6.45, 7) is 5.81. The van der Waals surface area contributed by atoms with Crippen LogP contribution >= 0.6 is 0 Å². The number of nitrogens with one attached hydrogen (secondary N) is 1. The molecule has 2 aromatic rings. The summed E-state index contributed by atoms with van der Waals surface area (Å²) >= 11 is -0.539. The molecule has 1 aliphatic rings. The zero-order valence-corrected chi connectivity index (χ0v) is 18.2. The third-order valence-electron chi connectivity index (χ3n) is 4.52. The average Bonchev–Trinajstić information content (AvgIpc) is 2.92. The number of hydrogen-bond donors (Lipinski definition) is 1. The molecule has 0 saturated carbocycles. The maximum absolute atomic E-state index is 13.1. The van der Waals surface area contributed by atoms with Crippen LogP contribution in [0.4, 0.5) is 24.7 Å². The predicted molar refractivity (Wildman–Crippen MR) is 96.6 cm³/mol. The second-order valence-corrected chi connectivity index (χ2v) is 12.9. The molecule has 4 nitrogen and oxygen atoms in total. The van der Waals surface area contributed by atoms with Crippen molar-refractivity contribution in [2.75, 3.05) is 15.1 Å². The topological polar surface area (TPSA) is 45.2 Å². The zero-order valence-electron chi connectivity index (χ0n) is 15.3. The van der Waals surface area contributed by atoms with Crippen LogP contribution < -0.4 is 30.0 Å². The Bertz CT molecular complexity index is 890. The van der Waals surface area contributed by atoms with Gasteiger partial charge in [0.2, 0.25) is 0 Å². The van der Waals surface area contributed by atoms with E-state index in [0.29, 0.717) is 11.5 Å². The van der Waals surface area contributed by atoms with Gasteiger partial charge in [0.15, 0.2) is 0 Å². The summed E-state index contributed by atoms with van der Waals surface area (Å²) in [4.78, 5) is 8.74. The second kappa shape index (κ2) is 7.23. The number of alkyl halides is 4. The Kier molecular flexibility index (Phi) is 5.46. The summed E-state index contributed by atoms with van der Waals surface area (Å²) in [5, 5.41) is 3.23. The van der Waals surface area contributed by atoms with Gasteiger partial charge >= 0.3 is 168 Å². The van der Waals surface area contributed by atoms with Crippen LogP contribution in [-0.4, -0.2) is 20.2 Å². The molecule has 1 aromatic carbocycles. The van der Waals surface area contributed by atoms with Gasteiger partial charge in [-0.05, 0) is 0 Å². The number of nitrogens with zero attached hydrogens (tertiary/aromatic N) is 2. The first-order valence-electron chi connectivity index (χ1n) is 8.26. The van der Waals surface area contributed by atoms with E-state index in [1.54, 1.807) is 0 Å². The third-order valence-corrected chi connectivity index (χ3v) is 9.33. The monoisotopic (exact) mass is 510 g/mol. The molecular weight excluding hydrogens is 490 g/mol. The molecule has 0 radical (unpaired) electrons. The van der Waals surface area contributed by atoms with E-state index in [2.05, 4.69) is 10.3 Å².